The number of methoxy groups -OCH3 is 1. The van der Waals surface area contributed by atoms with Crippen LogP contribution in [0.1, 0.15) is 24.8 Å². The van der Waals surface area contributed by atoms with E-state index < -0.39 is 5.91 Å². The summed E-state index contributed by atoms with van der Waals surface area (Å²) in [7, 11) is 1.49. The fourth-order valence-electron chi connectivity index (χ4n) is 2.95. The third-order valence-corrected chi connectivity index (χ3v) is 4.46. The molecule has 3 rings (SSSR count). The van der Waals surface area contributed by atoms with E-state index in [1.54, 1.807) is 12.1 Å². The number of hydrogen-bond acceptors (Lipinski definition) is 7. The monoisotopic (exact) mass is 419 g/mol. The average molecular weight is 419 g/mol. The number of carbonyl (C=O) groups excluding carboxylic acids is 2. The van der Waals surface area contributed by atoms with E-state index in [2.05, 4.69) is 26.5 Å². The Kier molecular flexibility index (Phi) is 6.98. The standard InChI is InChI=1S/C22H21N5O4/c1-3-14-6-4-7-15(10-14)25-22-16-11-18(19(31-2)12-17(16)23-13-24-22)26-20(28)8-5-9-21(29)27-30/h1,4,6-7,10-13,30H,5,8-9H2,2H3,(H,26,28)(H,27,29)(H,23,24,25). The minimum Gasteiger partial charge on any atom is -0.494 e. The van der Waals surface area contributed by atoms with Crippen LogP contribution in [-0.4, -0.2) is 34.1 Å². The molecule has 31 heavy (non-hydrogen) atoms. The molecule has 0 atom stereocenters. The lowest BCUT2D eigenvalue weighted by Crippen LogP contribution is -2.19. The fraction of sp³-hybridized carbons (Fsp3) is 0.182. The Labute approximate surface area is 178 Å². The largest absolute Gasteiger partial charge is 0.494 e. The first kappa shape index (κ1) is 21.5. The van der Waals surface area contributed by atoms with E-state index >= 15 is 0 Å². The first-order valence-electron chi connectivity index (χ1n) is 9.43. The van der Waals surface area contributed by atoms with Crippen LogP contribution >= 0.6 is 0 Å². The number of ether oxygens (including phenoxy) is 1. The molecule has 2 aromatic carbocycles. The first-order chi connectivity index (χ1) is 15.0. The van der Waals surface area contributed by atoms with Gasteiger partial charge in [-0.15, -0.1) is 6.42 Å². The summed E-state index contributed by atoms with van der Waals surface area (Å²) in [6.07, 6.45) is 7.33. The number of nitrogens with zero attached hydrogens (tertiary/aromatic N) is 2. The highest BCUT2D eigenvalue weighted by Crippen LogP contribution is 2.33. The number of nitrogens with one attached hydrogen (secondary N) is 3. The van der Waals surface area contributed by atoms with Gasteiger partial charge in [-0.25, -0.2) is 15.4 Å². The van der Waals surface area contributed by atoms with E-state index in [9.17, 15) is 9.59 Å². The number of anilines is 3. The normalized spacial score (nSPS) is 10.2. The Bertz CT molecular complexity index is 1160. The lowest BCUT2D eigenvalue weighted by molar-refractivity contribution is -0.129. The number of rotatable bonds is 8. The van der Waals surface area contributed by atoms with Gasteiger partial charge in [-0.3, -0.25) is 14.8 Å². The van der Waals surface area contributed by atoms with Crippen LogP contribution in [-0.2, 0) is 9.59 Å². The molecule has 2 amide bonds. The summed E-state index contributed by atoms with van der Waals surface area (Å²) < 4.78 is 5.39. The first-order valence-corrected chi connectivity index (χ1v) is 9.43. The highest BCUT2D eigenvalue weighted by atomic mass is 16.5. The summed E-state index contributed by atoms with van der Waals surface area (Å²) in [5.41, 5.74) is 4.10. The summed E-state index contributed by atoms with van der Waals surface area (Å²) in [4.78, 5) is 32.0. The van der Waals surface area contributed by atoms with Gasteiger partial charge in [0.25, 0.3) is 0 Å². The number of hydrogen-bond donors (Lipinski definition) is 4. The third-order valence-electron chi connectivity index (χ3n) is 4.46. The van der Waals surface area contributed by atoms with Crippen molar-refractivity contribution in [3.05, 3.63) is 48.3 Å². The molecule has 1 heterocycles. The SMILES string of the molecule is C#Cc1cccc(Nc2ncnc3cc(OC)c(NC(=O)CCCC(=O)NO)cc23)c1. The van der Waals surface area contributed by atoms with Crippen molar-refractivity contribution < 1.29 is 19.5 Å². The molecule has 0 aliphatic carbocycles. The van der Waals surface area contributed by atoms with Gasteiger partial charge >= 0.3 is 0 Å². The molecule has 0 aliphatic heterocycles. The van der Waals surface area contributed by atoms with Crippen LogP contribution in [0.15, 0.2) is 42.7 Å². The van der Waals surface area contributed by atoms with Crippen molar-refractivity contribution in [1.29, 1.82) is 0 Å². The number of carbonyl (C=O) groups is 2. The molecule has 4 N–H and O–H groups in total. The third kappa shape index (κ3) is 5.46. The molecule has 0 fully saturated rings. The number of amides is 2. The zero-order chi connectivity index (χ0) is 22.2. The van der Waals surface area contributed by atoms with Gasteiger partial charge in [0.1, 0.15) is 17.9 Å². The van der Waals surface area contributed by atoms with E-state index in [-0.39, 0.29) is 25.2 Å². The lowest BCUT2D eigenvalue weighted by Gasteiger charge is -2.14. The summed E-state index contributed by atoms with van der Waals surface area (Å²) in [5, 5.41) is 15.2. The molecule has 0 saturated heterocycles. The van der Waals surface area contributed by atoms with Gasteiger partial charge in [-0.2, -0.15) is 0 Å². The van der Waals surface area contributed by atoms with Crippen LogP contribution < -0.4 is 20.9 Å². The number of benzene rings is 2. The highest BCUT2D eigenvalue weighted by Gasteiger charge is 2.13. The number of fused-ring (bicyclic) bond motifs is 1. The Morgan fingerprint density at radius 1 is 1.16 bits per heavy atom. The Balaban J connectivity index is 1.86. The van der Waals surface area contributed by atoms with Crippen molar-refractivity contribution in [2.75, 3.05) is 17.7 Å². The lowest BCUT2D eigenvalue weighted by atomic mass is 10.1. The molecule has 158 valence electrons. The number of aromatic nitrogens is 2. The van der Waals surface area contributed by atoms with Gasteiger partial charge in [-0.1, -0.05) is 12.0 Å². The fourth-order valence-corrected chi connectivity index (χ4v) is 2.95. The molecule has 0 bridgehead atoms. The van der Waals surface area contributed by atoms with Crippen molar-refractivity contribution in [3.8, 4) is 18.1 Å². The number of hydroxylamine groups is 1. The summed E-state index contributed by atoms with van der Waals surface area (Å²) >= 11 is 0. The molecule has 0 unspecified atom stereocenters. The second-order valence-corrected chi connectivity index (χ2v) is 6.58. The zero-order valence-corrected chi connectivity index (χ0v) is 16.8. The van der Waals surface area contributed by atoms with Crippen LogP contribution in [0.4, 0.5) is 17.2 Å². The van der Waals surface area contributed by atoms with Crippen LogP contribution in [0.25, 0.3) is 10.9 Å². The van der Waals surface area contributed by atoms with E-state index in [0.717, 1.165) is 11.3 Å². The molecule has 3 aromatic rings. The van der Waals surface area contributed by atoms with Crippen molar-refractivity contribution in [2.24, 2.45) is 0 Å². The predicted octanol–water partition coefficient (Wildman–Crippen LogP) is 2.98. The Morgan fingerprint density at radius 2 is 1.97 bits per heavy atom. The maximum atomic E-state index is 12.3. The van der Waals surface area contributed by atoms with Gasteiger partial charge in [-0.05, 0) is 30.7 Å². The number of terminal acetylenes is 1. The quantitative estimate of drug-likeness (QED) is 0.251. The van der Waals surface area contributed by atoms with Crippen molar-refractivity contribution in [1.82, 2.24) is 15.4 Å². The minimum atomic E-state index is -0.544. The molecular formula is C22H21N5O4. The maximum Gasteiger partial charge on any atom is 0.243 e. The van der Waals surface area contributed by atoms with Crippen molar-refractivity contribution >= 4 is 39.9 Å². The average Bonchev–Trinajstić information content (AvgIpc) is 2.79. The predicted molar refractivity (Wildman–Crippen MR) is 116 cm³/mol. The second kappa shape index (κ2) is 10.0. The van der Waals surface area contributed by atoms with Crippen molar-refractivity contribution in [2.45, 2.75) is 19.3 Å². The molecule has 0 spiro atoms. The van der Waals surface area contributed by atoms with E-state index in [1.165, 1.54) is 18.9 Å². The summed E-state index contributed by atoms with van der Waals surface area (Å²) in [6.45, 7) is 0. The topological polar surface area (TPSA) is 125 Å². The summed E-state index contributed by atoms with van der Waals surface area (Å²) in [5.74, 6) is 2.73. The maximum absolute atomic E-state index is 12.3. The molecule has 9 nitrogen and oxygen atoms in total. The summed E-state index contributed by atoms with van der Waals surface area (Å²) in [6, 6.07) is 10.8. The zero-order valence-electron chi connectivity index (χ0n) is 16.8. The molecular weight excluding hydrogens is 398 g/mol. The molecule has 9 heteroatoms. The van der Waals surface area contributed by atoms with Crippen LogP contribution in [0.3, 0.4) is 0 Å². The van der Waals surface area contributed by atoms with Gasteiger partial charge in [0.15, 0.2) is 0 Å². The molecule has 1 aromatic heterocycles. The van der Waals surface area contributed by atoms with Gasteiger partial charge in [0, 0.05) is 35.5 Å². The van der Waals surface area contributed by atoms with Gasteiger partial charge in [0.05, 0.1) is 18.3 Å². The van der Waals surface area contributed by atoms with E-state index in [0.29, 0.717) is 28.2 Å². The molecule has 0 aliphatic rings. The van der Waals surface area contributed by atoms with E-state index in [1.807, 2.05) is 24.3 Å². The molecule has 0 saturated carbocycles. The van der Waals surface area contributed by atoms with Gasteiger partial charge in [0.2, 0.25) is 11.8 Å². The van der Waals surface area contributed by atoms with Crippen LogP contribution in [0.5, 0.6) is 5.75 Å². The Hall–Kier alpha value is -4.16. The Morgan fingerprint density at radius 3 is 2.71 bits per heavy atom. The minimum absolute atomic E-state index is 0.0391. The smallest absolute Gasteiger partial charge is 0.243 e. The van der Waals surface area contributed by atoms with Crippen molar-refractivity contribution in [3.63, 3.8) is 0 Å². The second-order valence-electron chi connectivity index (χ2n) is 6.58. The van der Waals surface area contributed by atoms with E-state index in [4.69, 9.17) is 16.4 Å². The van der Waals surface area contributed by atoms with Crippen LogP contribution in [0.2, 0.25) is 0 Å². The van der Waals surface area contributed by atoms with Crippen LogP contribution in [0, 0.1) is 12.3 Å². The molecule has 0 radical (unpaired) electrons. The highest BCUT2D eigenvalue weighted by molar-refractivity contribution is 5.99. The van der Waals surface area contributed by atoms with Gasteiger partial charge < -0.3 is 15.4 Å².